The summed E-state index contributed by atoms with van der Waals surface area (Å²) in [7, 11) is 0. The van der Waals surface area contributed by atoms with Crippen LogP contribution in [0.3, 0.4) is 0 Å². The zero-order chi connectivity index (χ0) is 9.54. The molecule has 4 nitrogen and oxygen atoms in total. The molecule has 1 aromatic rings. The van der Waals surface area contributed by atoms with Crippen molar-refractivity contribution in [2.45, 2.75) is 25.7 Å². The molecule has 3 rings (SSSR count). The largest absolute Gasteiger partial charge is 0.340 e. The Labute approximate surface area is 95.2 Å². The topological polar surface area (TPSA) is 51.0 Å². The van der Waals surface area contributed by atoms with Crippen molar-refractivity contribution in [1.82, 2.24) is 15.5 Å². The van der Waals surface area contributed by atoms with Crippen LogP contribution in [0, 0.1) is 18.8 Å². The first kappa shape index (κ1) is 10.9. The number of rotatable bonds is 1. The van der Waals surface area contributed by atoms with Gasteiger partial charge in [0.15, 0.2) is 5.82 Å². The van der Waals surface area contributed by atoms with Crippen LogP contribution in [0.1, 0.15) is 30.5 Å². The molecule has 0 aromatic carbocycles. The van der Waals surface area contributed by atoms with Gasteiger partial charge < -0.3 is 9.84 Å². The molecule has 0 amide bonds. The molecular weight excluding hydrogens is 214 g/mol. The van der Waals surface area contributed by atoms with Crippen molar-refractivity contribution in [3.63, 3.8) is 0 Å². The maximum Gasteiger partial charge on any atom is 0.223 e. The molecule has 3 atom stereocenters. The zero-order valence-electron chi connectivity index (χ0n) is 8.77. The molecule has 1 saturated heterocycles. The molecule has 2 aliphatic rings. The van der Waals surface area contributed by atoms with E-state index in [-0.39, 0.29) is 12.4 Å². The summed E-state index contributed by atoms with van der Waals surface area (Å²) in [6.45, 7) is 4.21. The first-order valence-electron chi connectivity index (χ1n) is 5.34. The van der Waals surface area contributed by atoms with Crippen LogP contribution in [0.4, 0.5) is 0 Å². The van der Waals surface area contributed by atoms with Gasteiger partial charge in [0.05, 0.1) is 0 Å². The van der Waals surface area contributed by atoms with E-state index in [0.717, 1.165) is 17.7 Å². The second-order valence-electron chi connectivity index (χ2n) is 4.52. The summed E-state index contributed by atoms with van der Waals surface area (Å²) in [4.78, 5) is 4.32. The molecule has 0 radical (unpaired) electrons. The molecule has 1 unspecified atom stereocenters. The third kappa shape index (κ3) is 1.88. The number of aryl methyl sites for hydroxylation is 1. The molecule has 1 aliphatic carbocycles. The first-order chi connectivity index (χ1) is 6.83. The van der Waals surface area contributed by atoms with Crippen LogP contribution in [0.15, 0.2) is 4.52 Å². The van der Waals surface area contributed by atoms with E-state index in [9.17, 15) is 0 Å². The Hall–Kier alpha value is -0.610. The molecule has 2 fully saturated rings. The van der Waals surface area contributed by atoms with Crippen LogP contribution < -0.4 is 5.32 Å². The highest BCUT2D eigenvalue weighted by atomic mass is 35.5. The second kappa shape index (κ2) is 4.10. The highest BCUT2D eigenvalue weighted by molar-refractivity contribution is 5.85. The van der Waals surface area contributed by atoms with Crippen LogP contribution in [0.2, 0.25) is 0 Å². The first-order valence-corrected chi connectivity index (χ1v) is 5.34. The second-order valence-corrected chi connectivity index (χ2v) is 4.52. The lowest BCUT2D eigenvalue weighted by Crippen LogP contribution is -2.11. The van der Waals surface area contributed by atoms with E-state index in [1.807, 2.05) is 6.92 Å². The van der Waals surface area contributed by atoms with Gasteiger partial charge in [-0.15, -0.1) is 12.4 Å². The van der Waals surface area contributed by atoms with Crippen molar-refractivity contribution in [3.8, 4) is 0 Å². The molecule has 1 aromatic heterocycles. The zero-order valence-corrected chi connectivity index (χ0v) is 9.59. The number of aromatic nitrogens is 2. The third-order valence-corrected chi connectivity index (χ3v) is 3.56. The fraction of sp³-hybridized carbons (Fsp3) is 0.800. The number of nitrogens with one attached hydrogen (secondary N) is 1. The Morgan fingerprint density at radius 3 is 2.47 bits per heavy atom. The third-order valence-electron chi connectivity index (χ3n) is 3.56. The van der Waals surface area contributed by atoms with Gasteiger partial charge in [0, 0.05) is 12.8 Å². The smallest absolute Gasteiger partial charge is 0.223 e. The number of nitrogens with zero attached hydrogens (tertiary/aromatic N) is 2. The lowest BCUT2D eigenvalue weighted by Gasteiger charge is -2.04. The number of fused-ring (bicyclic) bond motifs is 1. The maximum absolute atomic E-state index is 5.02. The summed E-state index contributed by atoms with van der Waals surface area (Å²) < 4.78 is 5.02. The van der Waals surface area contributed by atoms with Gasteiger partial charge in [-0.05, 0) is 37.8 Å². The number of hydrogen-bond donors (Lipinski definition) is 1. The monoisotopic (exact) mass is 229 g/mol. The Kier molecular flexibility index (Phi) is 2.98. The van der Waals surface area contributed by atoms with E-state index in [2.05, 4.69) is 15.5 Å². The van der Waals surface area contributed by atoms with Crippen molar-refractivity contribution < 1.29 is 4.52 Å². The summed E-state index contributed by atoms with van der Waals surface area (Å²) in [5.41, 5.74) is 0. The van der Waals surface area contributed by atoms with Gasteiger partial charge in [0.1, 0.15) is 0 Å². The normalized spacial score (nSPS) is 33.8. The predicted molar refractivity (Wildman–Crippen MR) is 58.1 cm³/mol. The van der Waals surface area contributed by atoms with E-state index < -0.39 is 0 Å². The Bertz CT molecular complexity index is 329. The standard InChI is InChI=1S/C10H15N3O.ClH/c1-6-12-10(13-14-6)7-2-8-4-11-5-9(8)3-7;/h7-9,11H,2-5H2,1H3;1H/t7?,8-,9+;. The van der Waals surface area contributed by atoms with Crippen molar-refractivity contribution in [3.05, 3.63) is 11.7 Å². The highest BCUT2D eigenvalue weighted by Gasteiger charge is 2.39. The van der Waals surface area contributed by atoms with Crippen LogP contribution in [0.25, 0.3) is 0 Å². The minimum Gasteiger partial charge on any atom is -0.340 e. The van der Waals surface area contributed by atoms with Crippen molar-refractivity contribution in [2.75, 3.05) is 13.1 Å². The maximum atomic E-state index is 5.02. The number of halogens is 1. The SMILES string of the molecule is Cc1nc(C2C[C@H]3CNC[C@H]3C2)no1.Cl. The van der Waals surface area contributed by atoms with Crippen LogP contribution >= 0.6 is 12.4 Å². The van der Waals surface area contributed by atoms with E-state index in [0.29, 0.717) is 11.8 Å². The highest BCUT2D eigenvalue weighted by Crippen LogP contribution is 2.42. The predicted octanol–water partition coefficient (Wildman–Crippen LogP) is 1.51. The van der Waals surface area contributed by atoms with Crippen molar-refractivity contribution in [2.24, 2.45) is 11.8 Å². The summed E-state index contributed by atoms with van der Waals surface area (Å²) in [6.07, 6.45) is 2.47. The quantitative estimate of drug-likeness (QED) is 0.793. The van der Waals surface area contributed by atoms with Crippen molar-refractivity contribution >= 4 is 12.4 Å². The minimum atomic E-state index is 0. The van der Waals surface area contributed by atoms with E-state index in [1.54, 1.807) is 0 Å². The van der Waals surface area contributed by atoms with E-state index in [1.165, 1.54) is 25.9 Å². The lowest BCUT2D eigenvalue weighted by atomic mass is 10.0. The van der Waals surface area contributed by atoms with E-state index >= 15 is 0 Å². The Balaban J connectivity index is 0.000000853. The molecule has 15 heavy (non-hydrogen) atoms. The molecule has 1 saturated carbocycles. The van der Waals surface area contributed by atoms with Gasteiger partial charge in [-0.3, -0.25) is 0 Å². The van der Waals surface area contributed by atoms with E-state index in [4.69, 9.17) is 4.52 Å². The summed E-state index contributed by atoms with van der Waals surface area (Å²) in [5.74, 6) is 3.86. The van der Waals surface area contributed by atoms with Gasteiger partial charge in [-0.2, -0.15) is 4.98 Å². The fourth-order valence-electron chi connectivity index (χ4n) is 2.86. The number of hydrogen-bond acceptors (Lipinski definition) is 4. The summed E-state index contributed by atoms with van der Waals surface area (Å²) in [5, 5.41) is 7.46. The average molecular weight is 230 g/mol. The molecule has 0 spiro atoms. The molecule has 1 N–H and O–H groups in total. The average Bonchev–Trinajstić information content (AvgIpc) is 2.75. The van der Waals surface area contributed by atoms with Crippen LogP contribution in [0.5, 0.6) is 0 Å². The van der Waals surface area contributed by atoms with Gasteiger partial charge in [0.25, 0.3) is 0 Å². The Morgan fingerprint density at radius 1 is 1.27 bits per heavy atom. The molecule has 2 heterocycles. The molecule has 84 valence electrons. The summed E-state index contributed by atoms with van der Waals surface area (Å²) >= 11 is 0. The molecule has 1 aliphatic heterocycles. The molecular formula is C10H16ClN3O. The van der Waals surface area contributed by atoms with Crippen LogP contribution in [-0.4, -0.2) is 23.2 Å². The summed E-state index contributed by atoms with van der Waals surface area (Å²) in [6, 6.07) is 0. The van der Waals surface area contributed by atoms with Gasteiger partial charge in [-0.1, -0.05) is 5.16 Å². The van der Waals surface area contributed by atoms with Crippen LogP contribution in [-0.2, 0) is 0 Å². The fourth-order valence-corrected chi connectivity index (χ4v) is 2.86. The Morgan fingerprint density at radius 2 is 1.93 bits per heavy atom. The van der Waals surface area contributed by atoms with Gasteiger partial charge >= 0.3 is 0 Å². The molecule has 0 bridgehead atoms. The van der Waals surface area contributed by atoms with Gasteiger partial charge in [0.2, 0.25) is 5.89 Å². The van der Waals surface area contributed by atoms with Crippen molar-refractivity contribution in [1.29, 1.82) is 0 Å². The molecule has 5 heteroatoms. The lowest BCUT2D eigenvalue weighted by molar-refractivity contribution is 0.381. The van der Waals surface area contributed by atoms with Gasteiger partial charge in [-0.25, -0.2) is 0 Å². The minimum absolute atomic E-state index is 0.